The summed E-state index contributed by atoms with van der Waals surface area (Å²) >= 11 is 0. The van der Waals surface area contributed by atoms with Crippen molar-refractivity contribution in [1.29, 1.82) is 0 Å². The summed E-state index contributed by atoms with van der Waals surface area (Å²) in [4.78, 5) is 0. The molecule has 0 aromatic rings. The molecule has 0 aromatic heterocycles. The maximum absolute atomic E-state index is 5.35. The van der Waals surface area contributed by atoms with Gasteiger partial charge in [0.2, 0.25) is 0 Å². The van der Waals surface area contributed by atoms with Crippen molar-refractivity contribution in [3.05, 3.63) is 0 Å². The highest BCUT2D eigenvalue weighted by Crippen LogP contribution is 1.86. The van der Waals surface area contributed by atoms with E-state index in [1.165, 1.54) is 0 Å². The number of hydrogen-bond acceptors (Lipinski definition) is 4. The predicted molar refractivity (Wildman–Crippen MR) is 58.4 cm³/mol. The lowest BCUT2D eigenvalue weighted by Crippen LogP contribution is -2.29. The topological polar surface area (TPSA) is 56.5 Å². The first-order chi connectivity index (χ1) is 6.81. The van der Waals surface area contributed by atoms with Gasteiger partial charge in [-0.25, -0.2) is 0 Å². The first kappa shape index (κ1) is 13.8. The van der Waals surface area contributed by atoms with Crippen molar-refractivity contribution in [2.75, 3.05) is 39.5 Å². The molecule has 0 aliphatic rings. The van der Waals surface area contributed by atoms with E-state index in [2.05, 4.69) is 19.2 Å². The summed E-state index contributed by atoms with van der Waals surface area (Å²) in [5, 5.41) is 3.35. The van der Waals surface area contributed by atoms with Crippen LogP contribution in [-0.2, 0) is 9.47 Å². The van der Waals surface area contributed by atoms with Crippen LogP contribution < -0.4 is 11.1 Å². The van der Waals surface area contributed by atoms with E-state index in [9.17, 15) is 0 Å². The lowest BCUT2D eigenvalue weighted by molar-refractivity contribution is 0.0513. The first-order valence-electron chi connectivity index (χ1n) is 5.40. The highest BCUT2D eigenvalue weighted by Gasteiger charge is 1.95. The monoisotopic (exact) mass is 204 g/mol. The Balaban J connectivity index is 2.92. The molecule has 0 aliphatic carbocycles. The van der Waals surface area contributed by atoms with Crippen molar-refractivity contribution in [1.82, 2.24) is 5.32 Å². The van der Waals surface area contributed by atoms with Crippen LogP contribution in [0.25, 0.3) is 0 Å². The Kier molecular flexibility index (Phi) is 10.8. The van der Waals surface area contributed by atoms with Crippen LogP contribution in [-0.4, -0.2) is 45.6 Å². The fourth-order valence-electron chi connectivity index (χ4n) is 0.927. The second-order valence-corrected chi connectivity index (χ2v) is 3.28. The second-order valence-electron chi connectivity index (χ2n) is 3.28. The standard InChI is InChI=1S/C10H24N2O2/c1-3-10(2)12-5-7-14-9-8-13-6-4-11/h10,12H,3-9,11H2,1-2H3. The third-order valence-corrected chi connectivity index (χ3v) is 1.99. The molecule has 0 aliphatic heterocycles. The van der Waals surface area contributed by atoms with E-state index in [1.54, 1.807) is 0 Å². The van der Waals surface area contributed by atoms with E-state index >= 15 is 0 Å². The Bertz CT molecular complexity index is 112. The number of ether oxygens (including phenoxy) is 2. The molecule has 4 heteroatoms. The molecular weight excluding hydrogens is 180 g/mol. The van der Waals surface area contributed by atoms with Crippen LogP contribution in [0.4, 0.5) is 0 Å². The molecule has 4 nitrogen and oxygen atoms in total. The van der Waals surface area contributed by atoms with Gasteiger partial charge in [-0.15, -0.1) is 0 Å². The van der Waals surface area contributed by atoms with Crippen molar-refractivity contribution in [2.45, 2.75) is 26.3 Å². The molecule has 0 rings (SSSR count). The minimum absolute atomic E-state index is 0.576. The Morgan fingerprint density at radius 2 is 1.79 bits per heavy atom. The van der Waals surface area contributed by atoms with Crippen LogP contribution in [0.1, 0.15) is 20.3 Å². The average molecular weight is 204 g/mol. The minimum Gasteiger partial charge on any atom is -0.378 e. The Hall–Kier alpha value is -0.160. The van der Waals surface area contributed by atoms with Gasteiger partial charge in [-0.1, -0.05) is 6.92 Å². The third kappa shape index (κ3) is 9.92. The summed E-state index contributed by atoms with van der Waals surface area (Å²) in [6.07, 6.45) is 1.15. The van der Waals surface area contributed by atoms with Crippen molar-refractivity contribution >= 4 is 0 Å². The highest BCUT2D eigenvalue weighted by atomic mass is 16.5. The van der Waals surface area contributed by atoms with Crippen LogP contribution in [0.15, 0.2) is 0 Å². The number of hydrogen-bond donors (Lipinski definition) is 2. The Morgan fingerprint density at radius 1 is 1.14 bits per heavy atom. The summed E-state index contributed by atoms with van der Waals surface area (Å²) in [6, 6.07) is 0.576. The summed E-state index contributed by atoms with van der Waals surface area (Å²) in [5.74, 6) is 0. The number of nitrogens with one attached hydrogen (secondary N) is 1. The summed E-state index contributed by atoms with van der Waals surface area (Å²) in [7, 11) is 0. The molecule has 0 saturated heterocycles. The van der Waals surface area contributed by atoms with Gasteiger partial charge in [0.25, 0.3) is 0 Å². The molecule has 0 saturated carbocycles. The molecule has 0 spiro atoms. The lowest BCUT2D eigenvalue weighted by Gasteiger charge is -2.11. The zero-order valence-electron chi connectivity index (χ0n) is 9.42. The molecule has 0 radical (unpaired) electrons. The molecule has 0 amide bonds. The highest BCUT2D eigenvalue weighted by molar-refractivity contribution is 4.55. The molecule has 14 heavy (non-hydrogen) atoms. The van der Waals surface area contributed by atoms with Gasteiger partial charge in [0, 0.05) is 19.1 Å². The van der Waals surface area contributed by atoms with Gasteiger partial charge in [0.15, 0.2) is 0 Å². The fraction of sp³-hybridized carbons (Fsp3) is 1.00. The minimum atomic E-state index is 0.576. The predicted octanol–water partition coefficient (Wildman–Crippen LogP) is 0.366. The Morgan fingerprint density at radius 3 is 2.36 bits per heavy atom. The molecule has 0 aromatic carbocycles. The molecule has 0 heterocycles. The number of nitrogens with two attached hydrogens (primary N) is 1. The summed E-state index contributed by atoms with van der Waals surface area (Å²) < 4.78 is 10.5. The zero-order valence-corrected chi connectivity index (χ0v) is 9.42. The largest absolute Gasteiger partial charge is 0.378 e. The molecule has 1 unspecified atom stereocenters. The smallest absolute Gasteiger partial charge is 0.0701 e. The third-order valence-electron chi connectivity index (χ3n) is 1.99. The van der Waals surface area contributed by atoms with E-state index in [0.717, 1.165) is 19.6 Å². The van der Waals surface area contributed by atoms with E-state index < -0.39 is 0 Å². The van der Waals surface area contributed by atoms with Gasteiger partial charge in [-0.05, 0) is 13.3 Å². The average Bonchev–Trinajstić information content (AvgIpc) is 2.21. The molecule has 1 atom stereocenters. The maximum Gasteiger partial charge on any atom is 0.0701 e. The van der Waals surface area contributed by atoms with E-state index in [0.29, 0.717) is 32.4 Å². The fourth-order valence-corrected chi connectivity index (χ4v) is 0.927. The van der Waals surface area contributed by atoms with Crippen LogP contribution in [0.5, 0.6) is 0 Å². The Labute approximate surface area is 87.1 Å². The molecule has 0 bridgehead atoms. The first-order valence-corrected chi connectivity index (χ1v) is 5.40. The van der Waals surface area contributed by atoms with Gasteiger partial charge in [0.05, 0.1) is 26.4 Å². The molecule has 86 valence electrons. The van der Waals surface area contributed by atoms with Crippen LogP contribution in [0.2, 0.25) is 0 Å². The van der Waals surface area contributed by atoms with Gasteiger partial charge in [-0.2, -0.15) is 0 Å². The zero-order chi connectivity index (χ0) is 10.6. The quantitative estimate of drug-likeness (QED) is 0.505. The van der Waals surface area contributed by atoms with Gasteiger partial charge in [-0.3, -0.25) is 0 Å². The lowest BCUT2D eigenvalue weighted by atomic mass is 10.3. The van der Waals surface area contributed by atoms with E-state index in [1.807, 2.05) is 0 Å². The van der Waals surface area contributed by atoms with Gasteiger partial charge >= 0.3 is 0 Å². The molecular formula is C10H24N2O2. The van der Waals surface area contributed by atoms with Gasteiger partial charge < -0.3 is 20.5 Å². The normalized spacial score (nSPS) is 13.1. The van der Waals surface area contributed by atoms with Crippen LogP contribution in [0, 0.1) is 0 Å². The SMILES string of the molecule is CCC(C)NCCOCCOCCN. The summed E-state index contributed by atoms with van der Waals surface area (Å²) in [6.45, 7) is 8.48. The second kappa shape index (κ2) is 10.9. The van der Waals surface area contributed by atoms with E-state index in [4.69, 9.17) is 15.2 Å². The molecule has 3 N–H and O–H groups in total. The van der Waals surface area contributed by atoms with Crippen LogP contribution in [0.3, 0.4) is 0 Å². The van der Waals surface area contributed by atoms with Crippen molar-refractivity contribution in [3.63, 3.8) is 0 Å². The van der Waals surface area contributed by atoms with Crippen molar-refractivity contribution in [3.8, 4) is 0 Å². The van der Waals surface area contributed by atoms with E-state index in [-0.39, 0.29) is 0 Å². The van der Waals surface area contributed by atoms with Crippen molar-refractivity contribution < 1.29 is 9.47 Å². The maximum atomic E-state index is 5.35. The summed E-state index contributed by atoms with van der Waals surface area (Å²) in [5.41, 5.74) is 5.26. The van der Waals surface area contributed by atoms with Gasteiger partial charge in [0.1, 0.15) is 0 Å². The molecule has 0 fully saturated rings. The van der Waals surface area contributed by atoms with Crippen molar-refractivity contribution in [2.24, 2.45) is 5.73 Å². The number of rotatable bonds is 10. The van der Waals surface area contributed by atoms with Crippen LogP contribution >= 0.6 is 0 Å².